The van der Waals surface area contributed by atoms with Crippen molar-refractivity contribution in [3.05, 3.63) is 65.7 Å². The highest BCUT2D eigenvalue weighted by Gasteiger charge is 2.07. The molecule has 1 heterocycles. The van der Waals surface area contributed by atoms with Crippen LogP contribution in [0, 0.1) is 5.82 Å². The summed E-state index contributed by atoms with van der Waals surface area (Å²) in [6.07, 6.45) is 4.69. The summed E-state index contributed by atoms with van der Waals surface area (Å²) in [5, 5.41) is 0. The number of benzene rings is 1. The van der Waals surface area contributed by atoms with Gasteiger partial charge in [0.1, 0.15) is 5.82 Å². The van der Waals surface area contributed by atoms with Gasteiger partial charge in [0.2, 0.25) is 0 Å². The molecule has 1 nitrogen and oxygen atoms in total. The lowest BCUT2D eigenvalue weighted by Gasteiger charge is -2.09. The predicted octanol–water partition coefficient (Wildman–Crippen LogP) is 4.29. The van der Waals surface area contributed by atoms with Gasteiger partial charge in [0.05, 0.1) is 6.20 Å². The first-order valence-electron chi connectivity index (χ1n) is 5.54. The van der Waals surface area contributed by atoms with Crippen LogP contribution in [0.15, 0.2) is 48.8 Å². The molecule has 0 spiro atoms. The average molecular weight is 294 g/mol. The second-order valence-electron chi connectivity index (χ2n) is 3.93. The summed E-state index contributed by atoms with van der Waals surface area (Å²) in [5.74, 6) is -0.270. The number of aromatic nitrogens is 1. The maximum Gasteiger partial charge on any atom is 0.141 e. The summed E-state index contributed by atoms with van der Waals surface area (Å²) in [5.41, 5.74) is 2.18. The molecule has 2 rings (SSSR count). The minimum atomic E-state index is -0.270. The fourth-order valence-electron chi connectivity index (χ4n) is 1.71. The molecule has 0 aliphatic heterocycles. The molecular weight excluding hydrogens is 281 g/mol. The van der Waals surface area contributed by atoms with E-state index in [0.29, 0.717) is 4.83 Å². The quantitative estimate of drug-likeness (QED) is 0.767. The highest BCUT2D eigenvalue weighted by molar-refractivity contribution is 9.09. The number of aryl methyl sites for hydroxylation is 1. The van der Waals surface area contributed by atoms with Crippen LogP contribution in [-0.2, 0) is 6.42 Å². The summed E-state index contributed by atoms with van der Waals surface area (Å²) < 4.78 is 12.9. The smallest absolute Gasteiger partial charge is 0.141 e. The van der Waals surface area contributed by atoms with Gasteiger partial charge in [-0.15, -0.1) is 0 Å². The number of nitrogens with zero attached hydrogens (tertiary/aromatic N) is 1. The highest BCUT2D eigenvalue weighted by atomic mass is 79.9. The number of alkyl halides is 1. The molecule has 0 N–H and O–H groups in total. The standard InChI is InChI=1S/C14H13BrFN/c15-14(12-4-2-1-3-5-12)7-6-11-8-13(16)10-17-9-11/h1-5,8-10,14H,6-7H2. The number of hydrogen-bond acceptors (Lipinski definition) is 1. The van der Waals surface area contributed by atoms with Crippen molar-refractivity contribution < 1.29 is 4.39 Å². The first-order chi connectivity index (χ1) is 8.25. The molecule has 0 aliphatic rings. The zero-order valence-electron chi connectivity index (χ0n) is 9.31. The van der Waals surface area contributed by atoms with E-state index < -0.39 is 0 Å². The lowest BCUT2D eigenvalue weighted by molar-refractivity contribution is 0.617. The molecule has 0 aliphatic carbocycles. The van der Waals surface area contributed by atoms with Gasteiger partial charge in [-0.1, -0.05) is 46.3 Å². The van der Waals surface area contributed by atoms with Crippen LogP contribution >= 0.6 is 15.9 Å². The minimum absolute atomic E-state index is 0.270. The van der Waals surface area contributed by atoms with Crippen LogP contribution in [0.1, 0.15) is 22.4 Å². The molecule has 1 aromatic heterocycles. The summed E-state index contributed by atoms with van der Waals surface area (Å²) in [6.45, 7) is 0. The van der Waals surface area contributed by atoms with Gasteiger partial charge < -0.3 is 0 Å². The van der Waals surface area contributed by atoms with Crippen molar-refractivity contribution >= 4 is 15.9 Å². The Morgan fingerprint density at radius 3 is 2.65 bits per heavy atom. The fraction of sp³-hybridized carbons (Fsp3) is 0.214. The van der Waals surface area contributed by atoms with Gasteiger partial charge in [-0.05, 0) is 30.0 Å². The van der Waals surface area contributed by atoms with Crippen LogP contribution in [0.3, 0.4) is 0 Å². The fourth-order valence-corrected chi connectivity index (χ4v) is 2.25. The molecule has 2 aromatic rings. The van der Waals surface area contributed by atoms with Crippen molar-refractivity contribution in [3.8, 4) is 0 Å². The zero-order valence-corrected chi connectivity index (χ0v) is 10.9. The largest absolute Gasteiger partial charge is 0.261 e. The second kappa shape index (κ2) is 5.92. The maximum absolute atomic E-state index is 12.9. The number of halogens is 2. The van der Waals surface area contributed by atoms with Crippen molar-refractivity contribution in [2.45, 2.75) is 17.7 Å². The third-order valence-corrected chi connectivity index (χ3v) is 3.60. The van der Waals surface area contributed by atoms with Crippen molar-refractivity contribution in [1.82, 2.24) is 4.98 Å². The van der Waals surface area contributed by atoms with E-state index >= 15 is 0 Å². The molecule has 0 bridgehead atoms. The molecule has 88 valence electrons. The summed E-state index contributed by atoms with van der Waals surface area (Å²) >= 11 is 3.65. The third-order valence-electron chi connectivity index (χ3n) is 2.61. The lowest BCUT2D eigenvalue weighted by Crippen LogP contribution is -1.94. The second-order valence-corrected chi connectivity index (χ2v) is 5.03. The number of pyridine rings is 1. The Bertz CT molecular complexity index is 473. The molecule has 3 heteroatoms. The molecule has 0 amide bonds. The molecule has 0 radical (unpaired) electrons. The highest BCUT2D eigenvalue weighted by Crippen LogP contribution is 2.27. The van der Waals surface area contributed by atoms with E-state index in [1.54, 1.807) is 6.20 Å². The SMILES string of the molecule is Fc1cncc(CCC(Br)c2ccccc2)c1. The van der Waals surface area contributed by atoms with E-state index in [-0.39, 0.29) is 5.82 Å². The Morgan fingerprint density at radius 2 is 1.94 bits per heavy atom. The van der Waals surface area contributed by atoms with Crippen LogP contribution in [0.4, 0.5) is 4.39 Å². The molecule has 0 saturated heterocycles. The van der Waals surface area contributed by atoms with E-state index in [0.717, 1.165) is 18.4 Å². The topological polar surface area (TPSA) is 12.9 Å². The average Bonchev–Trinajstić information content (AvgIpc) is 2.37. The van der Waals surface area contributed by atoms with Crippen LogP contribution in [0.25, 0.3) is 0 Å². The Morgan fingerprint density at radius 1 is 1.18 bits per heavy atom. The number of rotatable bonds is 4. The number of hydrogen-bond donors (Lipinski definition) is 0. The van der Waals surface area contributed by atoms with Gasteiger partial charge in [-0.3, -0.25) is 4.98 Å². The molecule has 1 aromatic carbocycles. The Balaban J connectivity index is 1.95. The molecule has 17 heavy (non-hydrogen) atoms. The van der Waals surface area contributed by atoms with Crippen LogP contribution in [0.2, 0.25) is 0 Å². The van der Waals surface area contributed by atoms with E-state index in [2.05, 4.69) is 33.0 Å². The van der Waals surface area contributed by atoms with E-state index in [9.17, 15) is 4.39 Å². The minimum Gasteiger partial charge on any atom is -0.261 e. The van der Waals surface area contributed by atoms with Crippen molar-refractivity contribution in [2.75, 3.05) is 0 Å². The lowest BCUT2D eigenvalue weighted by atomic mass is 10.1. The summed E-state index contributed by atoms with van der Waals surface area (Å²) in [4.78, 5) is 4.14. The van der Waals surface area contributed by atoms with Crippen molar-refractivity contribution in [1.29, 1.82) is 0 Å². The van der Waals surface area contributed by atoms with Crippen molar-refractivity contribution in [3.63, 3.8) is 0 Å². The Hall–Kier alpha value is -1.22. The van der Waals surface area contributed by atoms with Crippen LogP contribution < -0.4 is 0 Å². The zero-order chi connectivity index (χ0) is 12.1. The van der Waals surface area contributed by atoms with Gasteiger partial charge in [-0.25, -0.2) is 4.39 Å². The van der Waals surface area contributed by atoms with E-state index in [1.165, 1.54) is 17.8 Å². The molecule has 1 unspecified atom stereocenters. The van der Waals surface area contributed by atoms with Gasteiger partial charge in [-0.2, -0.15) is 0 Å². The Kier molecular flexibility index (Phi) is 4.26. The monoisotopic (exact) mass is 293 g/mol. The van der Waals surface area contributed by atoms with Crippen LogP contribution in [0.5, 0.6) is 0 Å². The molecule has 0 saturated carbocycles. The summed E-state index contributed by atoms with van der Waals surface area (Å²) in [7, 11) is 0. The van der Waals surface area contributed by atoms with E-state index in [4.69, 9.17) is 0 Å². The van der Waals surface area contributed by atoms with Gasteiger partial charge in [0.25, 0.3) is 0 Å². The van der Waals surface area contributed by atoms with Gasteiger partial charge in [0.15, 0.2) is 0 Å². The van der Waals surface area contributed by atoms with Crippen LogP contribution in [-0.4, -0.2) is 4.98 Å². The maximum atomic E-state index is 12.9. The van der Waals surface area contributed by atoms with Gasteiger partial charge in [0, 0.05) is 11.0 Å². The normalized spacial score (nSPS) is 12.4. The van der Waals surface area contributed by atoms with Crippen molar-refractivity contribution in [2.24, 2.45) is 0 Å². The summed E-state index contributed by atoms with van der Waals surface area (Å²) in [6, 6.07) is 11.8. The Labute approximate surface area is 109 Å². The predicted molar refractivity (Wildman–Crippen MR) is 70.6 cm³/mol. The first-order valence-corrected chi connectivity index (χ1v) is 6.46. The molecule has 1 atom stereocenters. The molecular formula is C14H13BrFN. The van der Waals surface area contributed by atoms with E-state index in [1.807, 2.05) is 18.2 Å². The molecule has 0 fully saturated rings. The first kappa shape index (κ1) is 12.2. The van der Waals surface area contributed by atoms with Gasteiger partial charge >= 0.3 is 0 Å². The third kappa shape index (κ3) is 3.63.